The van der Waals surface area contributed by atoms with Gasteiger partial charge in [0, 0.05) is 18.3 Å². The van der Waals surface area contributed by atoms with E-state index in [-0.39, 0.29) is 10.7 Å². The summed E-state index contributed by atoms with van der Waals surface area (Å²) in [5.74, 6) is 1.09. The van der Waals surface area contributed by atoms with Gasteiger partial charge in [0.2, 0.25) is 0 Å². The van der Waals surface area contributed by atoms with Gasteiger partial charge in [-0.25, -0.2) is 0 Å². The summed E-state index contributed by atoms with van der Waals surface area (Å²) in [6.07, 6.45) is 3.11. The minimum absolute atomic E-state index is 0.0427. The normalized spacial score (nSPS) is 10.3. The zero-order valence-corrected chi connectivity index (χ0v) is 11.4. The number of aryl methyl sites for hydroxylation is 1. The van der Waals surface area contributed by atoms with E-state index >= 15 is 0 Å². The lowest BCUT2D eigenvalue weighted by Crippen LogP contribution is -2.04. The Morgan fingerprint density at radius 3 is 2.82 bits per heavy atom. The molecular weight excluding hydrogens is 260 g/mol. The molecule has 0 aliphatic carbocycles. The Labute approximate surface area is 110 Å². The molecule has 0 fully saturated rings. The predicted molar refractivity (Wildman–Crippen MR) is 74.3 cm³/mol. The fourth-order valence-corrected chi connectivity index (χ4v) is 2.10. The second kappa shape index (κ2) is 6.71. The minimum atomic E-state index is -0.465. The van der Waals surface area contributed by atoms with Crippen LogP contribution in [-0.2, 0) is 0 Å². The lowest BCUT2D eigenvalue weighted by molar-refractivity contribution is -0.384. The molecule has 0 radical (unpaired) electrons. The molecular formula is C11H15ClN2O2S. The van der Waals surface area contributed by atoms with Crippen molar-refractivity contribution in [2.24, 2.45) is 0 Å². The lowest BCUT2D eigenvalue weighted by Gasteiger charge is -2.09. The molecule has 0 saturated heterocycles. The fraction of sp³-hybridized carbons (Fsp3) is 0.455. The van der Waals surface area contributed by atoms with Gasteiger partial charge < -0.3 is 5.32 Å². The Morgan fingerprint density at radius 2 is 2.24 bits per heavy atom. The van der Waals surface area contributed by atoms with Crippen LogP contribution in [-0.4, -0.2) is 23.5 Å². The summed E-state index contributed by atoms with van der Waals surface area (Å²) in [5.41, 5.74) is 1.66. The molecule has 6 heteroatoms. The third-order valence-electron chi connectivity index (χ3n) is 2.33. The first-order valence-electron chi connectivity index (χ1n) is 5.23. The van der Waals surface area contributed by atoms with Crippen molar-refractivity contribution in [3.8, 4) is 0 Å². The molecule has 0 bridgehead atoms. The number of hydrogen-bond donors (Lipinski definition) is 1. The zero-order chi connectivity index (χ0) is 12.8. The third-order valence-corrected chi connectivity index (χ3v) is 3.33. The first-order valence-corrected chi connectivity index (χ1v) is 7.00. The summed E-state index contributed by atoms with van der Waals surface area (Å²) < 4.78 is 0. The molecule has 17 heavy (non-hydrogen) atoms. The Hall–Kier alpha value is -0.940. The van der Waals surface area contributed by atoms with E-state index in [4.69, 9.17) is 11.6 Å². The van der Waals surface area contributed by atoms with Crippen LogP contribution < -0.4 is 5.32 Å². The van der Waals surface area contributed by atoms with Crippen molar-refractivity contribution in [1.82, 2.24) is 0 Å². The summed E-state index contributed by atoms with van der Waals surface area (Å²) in [6.45, 7) is 2.68. The zero-order valence-electron chi connectivity index (χ0n) is 9.83. The van der Waals surface area contributed by atoms with E-state index in [1.54, 1.807) is 17.8 Å². The van der Waals surface area contributed by atoms with Gasteiger partial charge in [0.1, 0.15) is 5.02 Å². The van der Waals surface area contributed by atoms with Crippen molar-refractivity contribution in [1.29, 1.82) is 0 Å². The number of hydrogen-bond acceptors (Lipinski definition) is 4. The molecule has 0 aliphatic rings. The van der Waals surface area contributed by atoms with E-state index < -0.39 is 4.92 Å². The van der Waals surface area contributed by atoms with Crippen LogP contribution in [0.1, 0.15) is 12.0 Å². The molecule has 0 atom stereocenters. The van der Waals surface area contributed by atoms with Gasteiger partial charge in [-0.1, -0.05) is 11.6 Å². The number of rotatable bonds is 6. The summed E-state index contributed by atoms with van der Waals surface area (Å²) in [6, 6.07) is 3.12. The molecule has 0 heterocycles. The first-order chi connectivity index (χ1) is 8.06. The number of nitro benzene ring substituents is 1. The first kappa shape index (κ1) is 14.1. The summed E-state index contributed by atoms with van der Waals surface area (Å²) in [5, 5.41) is 14.1. The Bertz CT molecular complexity index is 413. The average molecular weight is 275 g/mol. The SMILES string of the molecule is CSCCCNc1cc(Cl)c([N+](=O)[O-])cc1C. The van der Waals surface area contributed by atoms with Gasteiger partial charge in [-0.05, 0) is 37.0 Å². The van der Waals surface area contributed by atoms with Crippen LogP contribution in [0.3, 0.4) is 0 Å². The van der Waals surface area contributed by atoms with Crippen LogP contribution in [0.4, 0.5) is 11.4 Å². The number of nitrogens with zero attached hydrogens (tertiary/aromatic N) is 1. The van der Waals surface area contributed by atoms with Gasteiger partial charge in [-0.2, -0.15) is 11.8 Å². The molecule has 4 nitrogen and oxygen atoms in total. The van der Waals surface area contributed by atoms with E-state index in [2.05, 4.69) is 11.6 Å². The van der Waals surface area contributed by atoms with Crippen molar-refractivity contribution in [3.05, 3.63) is 32.8 Å². The summed E-state index contributed by atoms with van der Waals surface area (Å²) in [4.78, 5) is 10.2. The Kier molecular flexibility index (Phi) is 5.58. The van der Waals surface area contributed by atoms with Crippen molar-refractivity contribution in [3.63, 3.8) is 0 Å². The number of nitro groups is 1. The molecule has 0 amide bonds. The molecule has 0 aliphatic heterocycles. The number of benzene rings is 1. The van der Waals surface area contributed by atoms with Crippen molar-refractivity contribution in [2.75, 3.05) is 23.9 Å². The number of anilines is 1. The lowest BCUT2D eigenvalue weighted by atomic mass is 10.1. The highest BCUT2D eigenvalue weighted by molar-refractivity contribution is 7.98. The monoisotopic (exact) mass is 274 g/mol. The van der Waals surface area contributed by atoms with Crippen molar-refractivity contribution >= 4 is 34.7 Å². The summed E-state index contributed by atoms with van der Waals surface area (Å²) in [7, 11) is 0. The van der Waals surface area contributed by atoms with Crippen LogP contribution in [0.15, 0.2) is 12.1 Å². The number of nitrogens with one attached hydrogen (secondary N) is 1. The second-order valence-corrected chi connectivity index (χ2v) is 5.04. The molecule has 0 unspecified atom stereocenters. The van der Waals surface area contributed by atoms with E-state index in [9.17, 15) is 10.1 Å². The van der Waals surface area contributed by atoms with Gasteiger partial charge >= 0.3 is 0 Å². The molecule has 0 aromatic heterocycles. The van der Waals surface area contributed by atoms with Gasteiger partial charge in [0.25, 0.3) is 5.69 Å². The number of thioether (sulfide) groups is 1. The third kappa shape index (κ3) is 4.09. The topological polar surface area (TPSA) is 55.2 Å². The molecule has 94 valence electrons. The fourth-order valence-electron chi connectivity index (χ4n) is 1.44. The molecule has 0 spiro atoms. The molecule has 1 aromatic carbocycles. The van der Waals surface area contributed by atoms with E-state index in [0.717, 1.165) is 30.0 Å². The van der Waals surface area contributed by atoms with Crippen LogP contribution in [0, 0.1) is 17.0 Å². The second-order valence-electron chi connectivity index (χ2n) is 3.65. The predicted octanol–water partition coefficient (Wildman–Crippen LogP) is 3.72. The van der Waals surface area contributed by atoms with Crippen LogP contribution in [0.5, 0.6) is 0 Å². The maximum Gasteiger partial charge on any atom is 0.288 e. The van der Waals surface area contributed by atoms with E-state index in [1.165, 1.54) is 6.07 Å². The highest BCUT2D eigenvalue weighted by Gasteiger charge is 2.14. The Balaban J connectivity index is 2.74. The standard InChI is InChI=1S/C11H15ClN2O2S/c1-8-6-11(14(15)16)9(12)7-10(8)13-4-3-5-17-2/h6-7,13H,3-5H2,1-2H3. The minimum Gasteiger partial charge on any atom is -0.385 e. The molecule has 1 aromatic rings. The van der Waals surface area contributed by atoms with Gasteiger partial charge in [0.15, 0.2) is 0 Å². The molecule has 1 N–H and O–H groups in total. The quantitative estimate of drug-likeness (QED) is 0.488. The molecule has 1 rings (SSSR count). The smallest absolute Gasteiger partial charge is 0.288 e. The maximum atomic E-state index is 10.7. The van der Waals surface area contributed by atoms with Gasteiger partial charge in [-0.15, -0.1) is 0 Å². The largest absolute Gasteiger partial charge is 0.385 e. The summed E-state index contributed by atoms with van der Waals surface area (Å²) >= 11 is 7.65. The van der Waals surface area contributed by atoms with Gasteiger partial charge in [0.05, 0.1) is 4.92 Å². The van der Waals surface area contributed by atoms with Crippen molar-refractivity contribution < 1.29 is 4.92 Å². The number of halogens is 1. The van der Waals surface area contributed by atoms with E-state index in [1.807, 2.05) is 6.92 Å². The van der Waals surface area contributed by atoms with Gasteiger partial charge in [-0.3, -0.25) is 10.1 Å². The van der Waals surface area contributed by atoms with E-state index in [0.29, 0.717) is 0 Å². The van der Waals surface area contributed by atoms with Crippen molar-refractivity contribution in [2.45, 2.75) is 13.3 Å². The van der Waals surface area contributed by atoms with Crippen LogP contribution in [0.25, 0.3) is 0 Å². The maximum absolute atomic E-state index is 10.7. The highest BCUT2D eigenvalue weighted by Crippen LogP contribution is 2.30. The highest BCUT2D eigenvalue weighted by atomic mass is 35.5. The van der Waals surface area contributed by atoms with Crippen LogP contribution >= 0.6 is 23.4 Å². The average Bonchev–Trinajstić information content (AvgIpc) is 2.28. The van der Waals surface area contributed by atoms with Crippen LogP contribution in [0.2, 0.25) is 5.02 Å². The Morgan fingerprint density at radius 1 is 1.53 bits per heavy atom. The molecule has 0 saturated carbocycles.